The number of anilines is 1. The fourth-order valence-electron chi connectivity index (χ4n) is 2.40. The lowest BCUT2D eigenvalue weighted by molar-refractivity contribution is -0.141. The zero-order valence-electron chi connectivity index (χ0n) is 11.2. The van der Waals surface area contributed by atoms with Crippen LogP contribution in [-0.2, 0) is 6.18 Å². The van der Waals surface area contributed by atoms with E-state index in [0.29, 0.717) is 5.92 Å². The molecule has 0 aromatic carbocycles. The van der Waals surface area contributed by atoms with Crippen molar-refractivity contribution in [3.63, 3.8) is 0 Å². The van der Waals surface area contributed by atoms with Gasteiger partial charge in [0, 0.05) is 18.7 Å². The Morgan fingerprint density at radius 2 is 2.10 bits per heavy atom. The average Bonchev–Trinajstić information content (AvgIpc) is 2.31. The van der Waals surface area contributed by atoms with Gasteiger partial charge in [-0.1, -0.05) is 6.92 Å². The second-order valence-corrected chi connectivity index (χ2v) is 5.52. The zero-order valence-corrected chi connectivity index (χ0v) is 12.0. The molecule has 1 fully saturated rings. The molecule has 2 heterocycles. The van der Waals surface area contributed by atoms with Crippen molar-refractivity contribution < 1.29 is 13.2 Å². The molecule has 20 heavy (non-hydrogen) atoms. The fraction of sp³-hybridized carbons (Fsp3) is 0.667. The summed E-state index contributed by atoms with van der Waals surface area (Å²) in [4.78, 5) is 9.23. The van der Waals surface area contributed by atoms with Crippen LogP contribution in [0.1, 0.15) is 19.0 Å². The van der Waals surface area contributed by atoms with Crippen molar-refractivity contribution in [3.8, 4) is 0 Å². The van der Waals surface area contributed by atoms with Crippen LogP contribution in [0.5, 0.6) is 0 Å². The Balaban J connectivity index is 2.15. The topological polar surface area (TPSA) is 41.0 Å². The molecule has 1 N–H and O–H groups in total. The lowest BCUT2D eigenvalue weighted by Gasteiger charge is -2.35. The van der Waals surface area contributed by atoms with Crippen LogP contribution in [0, 0.1) is 5.92 Å². The summed E-state index contributed by atoms with van der Waals surface area (Å²) in [6.45, 7) is 3.84. The highest BCUT2D eigenvalue weighted by Crippen LogP contribution is 2.30. The highest BCUT2D eigenvalue weighted by atomic mass is 35.5. The Kier molecular flexibility index (Phi) is 4.39. The van der Waals surface area contributed by atoms with E-state index in [0.717, 1.165) is 25.6 Å². The lowest BCUT2D eigenvalue weighted by Crippen LogP contribution is -2.43. The Hall–Kier alpha value is -1.08. The molecule has 112 valence electrons. The molecule has 2 rings (SSSR count). The van der Waals surface area contributed by atoms with Crippen LogP contribution in [-0.4, -0.2) is 41.0 Å². The molecule has 1 saturated heterocycles. The minimum absolute atomic E-state index is 0.0817. The van der Waals surface area contributed by atoms with Crippen LogP contribution in [0.15, 0.2) is 6.07 Å². The highest BCUT2D eigenvalue weighted by molar-refractivity contribution is 6.28. The predicted molar refractivity (Wildman–Crippen MR) is 70.7 cm³/mol. The van der Waals surface area contributed by atoms with Crippen molar-refractivity contribution in [3.05, 3.63) is 17.0 Å². The van der Waals surface area contributed by atoms with Crippen molar-refractivity contribution in [1.82, 2.24) is 14.9 Å². The number of nitrogens with one attached hydrogen (secondary N) is 1. The SMILES string of the molecule is CC1CN(C)CCC1Nc1cc(C(F)(F)F)nc(Cl)n1. The van der Waals surface area contributed by atoms with Crippen molar-refractivity contribution >= 4 is 17.4 Å². The molecule has 0 amide bonds. The van der Waals surface area contributed by atoms with Crippen molar-refractivity contribution in [2.24, 2.45) is 5.92 Å². The van der Waals surface area contributed by atoms with E-state index in [1.54, 1.807) is 0 Å². The number of aromatic nitrogens is 2. The van der Waals surface area contributed by atoms with Gasteiger partial charge in [0.25, 0.3) is 0 Å². The fourth-order valence-corrected chi connectivity index (χ4v) is 2.58. The van der Waals surface area contributed by atoms with Crippen LogP contribution in [0.2, 0.25) is 5.28 Å². The monoisotopic (exact) mass is 308 g/mol. The molecule has 1 aliphatic heterocycles. The molecule has 2 unspecified atom stereocenters. The van der Waals surface area contributed by atoms with Gasteiger partial charge in [0.15, 0.2) is 5.69 Å². The minimum Gasteiger partial charge on any atom is -0.367 e. The van der Waals surface area contributed by atoms with Crippen LogP contribution >= 0.6 is 11.6 Å². The smallest absolute Gasteiger partial charge is 0.367 e. The number of hydrogen-bond donors (Lipinski definition) is 1. The first-order valence-electron chi connectivity index (χ1n) is 6.32. The molecule has 0 radical (unpaired) electrons. The molecule has 2 atom stereocenters. The summed E-state index contributed by atoms with van der Waals surface area (Å²) in [5.41, 5.74) is -1.03. The summed E-state index contributed by atoms with van der Waals surface area (Å²) >= 11 is 5.56. The van der Waals surface area contributed by atoms with E-state index in [4.69, 9.17) is 11.6 Å². The van der Waals surface area contributed by atoms with Crippen LogP contribution in [0.4, 0.5) is 19.0 Å². The number of alkyl halides is 3. The molecule has 8 heteroatoms. The zero-order chi connectivity index (χ0) is 14.9. The van der Waals surface area contributed by atoms with E-state index in [9.17, 15) is 13.2 Å². The number of hydrogen-bond acceptors (Lipinski definition) is 4. The molecular formula is C12H16ClF3N4. The summed E-state index contributed by atoms with van der Waals surface area (Å²) in [5, 5.41) is 2.64. The lowest BCUT2D eigenvalue weighted by atomic mass is 9.94. The first-order chi connectivity index (χ1) is 9.25. The van der Waals surface area contributed by atoms with Gasteiger partial charge in [-0.05, 0) is 37.5 Å². The van der Waals surface area contributed by atoms with Crippen molar-refractivity contribution in [2.75, 3.05) is 25.5 Å². The van der Waals surface area contributed by atoms with E-state index in [-0.39, 0.29) is 11.9 Å². The molecule has 1 aromatic rings. The Bertz CT molecular complexity index is 480. The molecular weight excluding hydrogens is 293 g/mol. The van der Waals surface area contributed by atoms with Crippen LogP contribution in [0.25, 0.3) is 0 Å². The largest absolute Gasteiger partial charge is 0.433 e. The highest BCUT2D eigenvalue weighted by Gasteiger charge is 2.34. The third kappa shape index (κ3) is 3.73. The summed E-state index contributed by atoms with van der Waals surface area (Å²) in [6.07, 6.45) is -3.68. The Morgan fingerprint density at radius 3 is 2.70 bits per heavy atom. The van der Waals surface area contributed by atoms with Crippen molar-refractivity contribution in [2.45, 2.75) is 25.6 Å². The molecule has 0 spiro atoms. The standard InChI is InChI=1S/C12H16ClF3N4/c1-7-6-20(2)4-3-8(7)17-10-5-9(12(14,15)16)18-11(13)19-10/h5,7-8H,3-4,6H2,1-2H3,(H,17,18,19). The van der Waals surface area contributed by atoms with Gasteiger partial charge in [-0.2, -0.15) is 13.2 Å². The molecule has 0 aliphatic carbocycles. The van der Waals surface area contributed by atoms with E-state index >= 15 is 0 Å². The van der Waals surface area contributed by atoms with E-state index in [1.165, 1.54) is 0 Å². The summed E-state index contributed by atoms with van der Waals surface area (Å²) in [6, 6.07) is 0.981. The minimum atomic E-state index is -4.53. The first kappa shape index (κ1) is 15.3. The maximum Gasteiger partial charge on any atom is 0.433 e. The summed E-state index contributed by atoms with van der Waals surface area (Å²) in [7, 11) is 2.02. The molecule has 0 bridgehead atoms. The Labute approximate surface area is 120 Å². The third-order valence-corrected chi connectivity index (χ3v) is 3.60. The van der Waals surface area contributed by atoms with Crippen LogP contribution in [0.3, 0.4) is 0 Å². The summed E-state index contributed by atoms with van der Waals surface area (Å²) in [5.74, 6) is 0.440. The first-order valence-corrected chi connectivity index (χ1v) is 6.70. The van der Waals surface area contributed by atoms with E-state index in [1.807, 2.05) is 7.05 Å². The number of nitrogens with zero attached hydrogens (tertiary/aromatic N) is 3. The maximum absolute atomic E-state index is 12.7. The predicted octanol–water partition coefficient (Wildman–Crippen LogP) is 2.90. The van der Waals surface area contributed by atoms with Crippen molar-refractivity contribution in [1.29, 1.82) is 0 Å². The molecule has 4 nitrogen and oxygen atoms in total. The number of rotatable bonds is 2. The van der Waals surface area contributed by atoms with E-state index < -0.39 is 17.2 Å². The second-order valence-electron chi connectivity index (χ2n) is 5.18. The third-order valence-electron chi connectivity index (χ3n) is 3.43. The average molecular weight is 309 g/mol. The van der Waals surface area contributed by atoms with Gasteiger partial charge in [0.1, 0.15) is 5.82 Å². The quantitative estimate of drug-likeness (QED) is 0.853. The number of piperidine rings is 1. The molecule has 0 saturated carbocycles. The van der Waals surface area contributed by atoms with Gasteiger partial charge in [-0.15, -0.1) is 0 Å². The second kappa shape index (κ2) is 5.73. The van der Waals surface area contributed by atoms with Gasteiger partial charge < -0.3 is 10.2 Å². The molecule has 1 aromatic heterocycles. The van der Waals surface area contributed by atoms with Gasteiger partial charge in [-0.3, -0.25) is 0 Å². The Morgan fingerprint density at radius 1 is 1.40 bits per heavy atom. The number of likely N-dealkylation sites (tertiary alicyclic amines) is 1. The summed E-state index contributed by atoms with van der Waals surface area (Å²) < 4.78 is 38.0. The van der Waals surface area contributed by atoms with Gasteiger partial charge in [-0.25, -0.2) is 9.97 Å². The van der Waals surface area contributed by atoms with Gasteiger partial charge in [0.05, 0.1) is 0 Å². The number of halogens is 4. The van der Waals surface area contributed by atoms with Crippen LogP contribution < -0.4 is 5.32 Å². The van der Waals surface area contributed by atoms with E-state index in [2.05, 4.69) is 27.1 Å². The maximum atomic E-state index is 12.7. The van der Waals surface area contributed by atoms with Gasteiger partial charge in [0.2, 0.25) is 5.28 Å². The normalized spacial score (nSPS) is 24.7. The molecule has 1 aliphatic rings. The van der Waals surface area contributed by atoms with Gasteiger partial charge >= 0.3 is 6.18 Å².